The van der Waals surface area contributed by atoms with Crippen molar-refractivity contribution in [1.82, 2.24) is 19.3 Å². The number of carboxylic acids is 1. The van der Waals surface area contributed by atoms with Crippen LogP contribution in [0.15, 0.2) is 29.2 Å². The zero-order valence-corrected chi connectivity index (χ0v) is 20.1. The Morgan fingerprint density at radius 3 is 2.53 bits per heavy atom. The number of ether oxygens (including phenoxy) is 2. The Hall–Kier alpha value is -3.28. The number of methoxy groups -OCH3 is 1. The number of rotatable bonds is 7. The van der Waals surface area contributed by atoms with Crippen molar-refractivity contribution in [3.05, 3.63) is 30.1 Å². The van der Waals surface area contributed by atoms with Crippen molar-refractivity contribution in [2.45, 2.75) is 23.9 Å². The number of nitrogen functional groups attached to an aromatic ring is 1. The molecule has 12 nitrogen and oxygen atoms in total. The highest BCUT2D eigenvalue weighted by atomic mass is 32.2. The molecule has 1 fully saturated rings. The lowest BCUT2D eigenvalue weighted by atomic mass is 10.2. The maximum absolute atomic E-state index is 13.1. The number of carboxylic acid groups (broad SMARTS) is 1. The Kier molecular flexibility index (Phi) is 6.91. The van der Waals surface area contributed by atoms with Crippen LogP contribution in [0.3, 0.4) is 0 Å². The van der Waals surface area contributed by atoms with E-state index in [-0.39, 0.29) is 37.0 Å². The number of fused-ring (bicyclic) bond motifs is 1. The number of alkyl halides is 3. The van der Waals surface area contributed by atoms with Crippen LogP contribution in [0.4, 0.5) is 24.1 Å². The summed E-state index contributed by atoms with van der Waals surface area (Å²) in [5.41, 5.74) is 6.29. The summed E-state index contributed by atoms with van der Waals surface area (Å²) < 4.78 is 73.5. The summed E-state index contributed by atoms with van der Waals surface area (Å²) in [6.45, 7) is -0.238. The first-order valence-corrected chi connectivity index (χ1v) is 12.4. The molecule has 17 heteroatoms. The molecule has 1 saturated heterocycles. The second-order valence-electron chi connectivity index (χ2n) is 7.54. The van der Waals surface area contributed by atoms with Crippen molar-refractivity contribution in [1.29, 1.82) is 0 Å². The fourth-order valence-corrected chi connectivity index (χ4v) is 6.09. The molecule has 3 aromatic rings. The van der Waals surface area contributed by atoms with Crippen molar-refractivity contribution in [3.63, 3.8) is 0 Å². The second kappa shape index (κ2) is 9.64. The summed E-state index contributed by atoms with van der Waals surface area (Å²) in [5.74, 6) is -1.49. The first kappa shape index (κ1) is 25.8. The van der Waals surface area contributed by atoms with Crippen molar-refractivity contribution >= 4 is 48.6 Å². The van der Waals surface area contributed by atoms with E-state index < -0.39 is 34.1 Å². The Morgan fingerprint density at radius 2 is 1.92 bits per heavy atom. The van der Waals surface area contributed by atoms with Gasteiger partial charge in [0.25, 0.3) is 0 Å². The highest BCUT2D eigenvalue weighted by molar-refractivity contribution is 7.89. The molecule has 1 aliphatic heterocycles. The van der Waals surface area contributed by atoms with Crippen molar-refractivity contribution in [2.75, 3.05) is 37.4 Å². The molecule has 0 saturated carbocycles. The summed E-state index contributed by atoms with van der Waals surface area (Å²) in [4.78, 5) is 26.1. The van der Waals surface area contributed by atoms with Gasteiger partial charge in [0.2, 0.25) is 10.0 Å². The standard InChI is InChI=1S/C19H19F3N6O6S2/c1-33-9-13-24-15(23)14-16(25-13)26-18(35-14)27-6-7-28(12(8-27)17(29)30)36(31,32)11-4-2-10(3-5-11)34-19(20,21)22/h2-5,12H,6-9H2,1H3,(H,29,30)(H2,23,24,25)/t12-/m1/s1. The lowest BCUT2D eigenvalue weighted by molar-refractivity contribution is -0.274. The number of aromatic nitrogens is 3. The van der Waals surface area contributed by atoms with Gasteiger partial charge in [-0.15, -0.1) is 13.2 Å². The highest BCUT2D eigenvalue weighted by Gasteiger charge is 2.41. The van der Waals surface area contributed by atoms with E-state index in [1.165, 1.54) is 7.11 Å². The van der Waals surface area contributed by atoms with E-state index in [1.54, 1.807) is 4.90 Å². The molecule has 0 radical (unpaired) electrons. The van der Waals surface area contributed by atoms with Gasteiger partial charge >= 0.3 is 12.3 Å². The maximum atomic E-state index is 13.1. The van der Waals surface area contributed by atoms with Crippen LogP contribution in [0.1, 0.15) is 5.82 Å². The number of anilines is 2. The van der Waals surface area contributed by atoms with E-state index in [9.17, 15) is 31.5 Å². The summed E-state index contributed by atoms with van der Waals surface area (Å²) in [5, 5.41) is 10.2. The molecule has 0 unspecified atom stereocenters. The molecule has 1 atom stereocenters. The van der Waals surface area contributed by atoms with Gasteiger partial charge in [0.15, 0.2) is 16.6 Å². The predicted molar refractivity (Wildman–Crippen MR) is 121 cm³/mol. The number of hydrogen-bond donors (Lipinski definition) is 2. The molecule has 0 bridgehead atoms. The summed E-state index contributed by atoms with van der Waals surface area (Å²) in [7, 11) is -2.88. The number of aliphatic carboxylic acids is 1. The topological polar surface area (TPSA) is 161 Å². The minimum Gasteiger partial charge on any atom is -0.480 e. The first-order chi connectivity index (χ1) is 16.9. The third-order valence-corrected chi connectivity index (χ3v) is 8.19. The summed E-state index contributed by atoms with van der Waals surface area (Å²) >= 11 is 1.14. The molecule has 2 aromatic heterocycles. The highest BCUT2D eigenvalue weighted by Crippen LogP contribution is 2.33. The number of nitrogens with two attached hydrogens (primary N) is 1. The molecule has 4 rings (SSSR count). The molecule has 36 heavy (non-hydrogen) atoms. The zero-order valence-electron chi connectivity index (χ0n) is 18.5. The fourth-order valence-electron chi connectivity index (χ4n) is 3.59. The normalized spacial score (nSPS) is 17.4. The van der Waals surface area contributed by atoms with Gasteiger partial charge in [0.1, 0.15) is 28.9 Å². The number of sulfonamides is 1. The van der Waals surface area contributed by atoms with E-state index in [4.69, 9.17) is 10.5 Å². The predicted octanol–water partition coefficient (Wildman–Crippen LogP) is 1.68. The van der Waals surface area contributed by atoms with Gasteiger partial charge < -0.3 is 25.2 Å². The lowest BCUT2D eigenvalue weighted by Crippen LogP contribution is -2.58. The molecule has 194 valence electrons. The van der Waals surface area contributed by atoms with Gasteiger partial charge in [-0.25, -0.2) is 18.4 Å². The van der Waals surface area contributed by atoms with Crippen LogP contribution in [0.5, 0.6) is 5.75 Å². The number of halogens is 3. The van der Waals surface area contributed by atoms with Crippen LogP contribution >= 0.6 is 11.3 Å². The monoisotopic (exact) mass is 548 g/mol. The molecule has 3 N–H and O–H groups in total. The Balaban J connectivity index is 1.58. The minimum atomic E-state index is -4.94. The van der Waals surface area contributed by atoms with Gasteiger partial charge in [-0.05, 0) is 24.3 Å². The summed E-state index contributed by atoms with van der Waals surface area (Å²) in [6, 6.07) is 2.05. The maximum Gasteiger partial charge on any atom is 0.573 e. The molecular weight excluding hydrogens is 529 g/mol. The van der Waals surface area contributed by atoms with Crippen molar-refractivity contribution in [2.24, 2.45) is 0 Å². The molecule has 0 amide bonds. The molecule has 0 aliphatic carbocycles. The molecular formula is C19H19F3N6O6S2. The molecule has 1 aliphatic rings. The SMILES string of the molecule is COCc1nc(N)c2sc(N3CCN(S(=O)(=O)c4ccc(OC(F)(F)F)cc4)[C@@H](C(=O)O)C3)nc2n1. The van der Waals surface area contributed by atoms with Crippen LogP contribution in [-0.2, 0) is 26.2 Å². The Bertz CT molecular complexity index is 1380. The number of hydrogen-bond acceptors (Lipinski definition) is 11. The van der Waals surface area contributed by atoms with Crippen LogP contribution in [0.25, 0.3) is 10.3 Å². The molecule has 1 aromatic carbocycles. The quantitative estimate of drug-likeness (QED) is 0.442. The Morgan fingerprint density at radius 1 is 1.22 bits per heavy atom. The smallest absolute Gasteiger partial charge is 0.480 e. The van der Waals surface area contributed by atoms with Gasteiger partial charge in [0.05, 0.1) is 4.90 Å². The van der Waals surface area contributed by atoms with Crippen LogP contribution in [0, 0.1) is 0 Å². The largest absolute Gasteiger partial charge is 0.573 e. The van der Waals surface area contributed by atoms with Crippen LogP contribution in [-0.4, -0.2) is 77.9 Å². The van der Waals surface area contributed by atoms with Crippen molar-refractivity contribution < 1.29 is 41.0 Å². The van der Waals surface area contributed by atoms with E-state index in [0.29, 0.717) is 21.3 Å². The van der Waals surface area contributed by atoms with E-state index in [0.717, 1.165) is 39.9 Å². The van der Waals surface area contributed by atoms with E-state index in [2.05, 4.69) is 19.7 Å². The number of benzene rings is 1. The van der Waals surface area contributed by atoms with E-state index in [1.807, 2.05) is 0 Å². The lowest BCUT2D eigenvalue weighted by Gasteiger charge is -2.38. The van der Waals surface area contributed by atoms with Gasteiger partial charge in [-0.3, -0.25) is 4.79 Å². The second-order valence-corrected chi connectivity index (χ2v) is 10.4. The van der Waals surface area contributed by atoms with Gasteiger partial charge in [-0.1, -0.05) is 11.3 Å². The third kappa shape index (κ3) is 5.28. The molecule has 0 spiro atoms. The fraction of sp³-hybridized carbons (Fsp3) is 0.368. The summed E-state index contributed by atoms with van der Waals surface area (Å²) in [6.07, 6.45) is -4.94. The number of thiazole rings is 1. The van der Waals surface area contributed by atoms with Crippen LogP contribution < -0.4 is 15.4 Å². The average Bonchev–Trinajstić information content (AvgIpc) is 3.23. The van der Waals surface area contributed by atoms with Crippen molar-refractivity contribution in [3.8, 4) is 5.75 Å². The van der Waals surface area contributed by atoms with E-state index >= 15 is 0 Å². The first-order valence-electron chi connectivity index (χ1n) is 10.2. The number of carbonyl (C=O) groups is 1. The molecule has 3 heterocycles. The van der Waals surface area contributed by atoms with Crippen LogP contribution in [0.2, 0.25) is 0 Å². The zero-order chi connectivity index (χ0) is 26.3. The Labute approximate surface area is 206 Å². The van der Waals surface area contributed by atoms with Gasteiger partial charge in [0, 0.05) is 26.7 Å². The average molecular weight is 549 g/mol. The number of piperazine rings is 1. The number of nitrogens with zero attached hydrogens (tertiary/aromatic N) is 5. The minimum absolute atomic E-state index is 0.0936. The third-order valence-electron chi connectivity index (χ3n) is 5.14. The van der Waals surface area contributed by atoms with Gasteiger partial charge in [-0.2, -0.15) is 9.29 Å².